The number of hydrogen-bond acceptors (Lipinski definition) is 5. The summed E-state index contributed by atoms with van der Waals surface area (Å²) in [6.07, 6.45) is 0. The van der Waals surface area contributed by atoms with E-state index in [1.165, 1.54) is 11.8 Å². The second-order valence-corrected chi connectivity index (χ2v) is 8.17. The maximum atomic E-state index is 12.7. The molecule has 0 N–H and O–H groups in total. The minimum atomic E-state index is -0.0586. The van der Waals surface area contributed by atoms with E-state index in [0.717, 1.165) is 22.5 Å². The molecule has 136 valence electrons. The Morgan fingerprint density at radius 1 is 1.15 bits per heavy atom. The fraction of sp³-hybridized carbons (Fsp3) is 0.350. The van der Waals surface area contributed by atoms with Crippen LogP contribution in [0.1, 0.15) is 42.5 Å². The molecule has 0 fully saturated rings. The quantitative estimate of drug-likeness (QED) is 0.473. The normalized spacial score (nSPS) is 11.7. The molecule has 26 heavy (non-hydrogen) atoms. The molecule has 0 spiro atoms. The van der Waals surface area contributed by atoms with Crippen molar-refractivity contribution in [3.63, 3.8) is 0 Å². The predicted molar refractivity (Wildman–Crippen MR) is 104 cm³/mol. The minimum Gasteiger partial charge on any atom is -0.411 e. The van der Waals surface area contributed by atoms with Gasteiger partial charge in [-0.3, -0.25) is 4.79 Å². The van der Waals surface area contributed by atoms with Crippen molar-refractivity contribution in [2.24, 2.45) is 0 Å². The highest BCUT2D eigenvalue weighted by atomic mass is 32.2. The van der Waals surface area contributed by atoms with Crippen molar-refractivity contribution in [1.82, 2.24) is 14.8 Å². The van der Waals surface area contributed by atoms with Gasteiger partial charge in [-0.1, -0.05) is 30.0 Å². The number of thioether (sulfide) groups is 1. The van der Waals surface area contributed by atoms with Gasteiger partial charge in [0.2, 0.25) is 5.89 Å². The van der Waals surface area contributed by atoms with Gasteiger partial charge in [0.15, 0.2) is 5.78 Å². The molecule has 0 aliphatic heterocycles. The molecular weight excluding hydrogens is 346 g/mol. The number of nitrogens with zero attached hydrogens (tertiary/aromatic N) is 3. The number of carbonyl (C=O) groups excluding carboxylic acids is 1. The van der Waals surface area contributed by atoms with Crippen LogP contribution in [0.25, 0.3) is 11.5 Å². The molecule has 0 amide bonds. The molecule has 0 aliphatic carbocycles. The molecule has 2 heterocycles. The average Bonchev–Trinajstić information content (AvgIpc) is 3.17. The van der Waals surface area contributed by atoms with Crippen LogP contribution in [0.3, 0.4) is 0 Å². The number of aryl methyl sites for hydroxylation is 1. The number of carbonyl (C=O) groups is 1. The topological polar surface area (TPSA) is 60.9 Å². The highest BCUT2D eigenvalue weighted by Crippen LogP contribution is 2.27. The number of rotatable bonds is 5. The Bertz CT molecular complexity index is 920. The molecule has 0 radical (unpaired) electrons. The Morgan fingerprint density at radius 2 is 1.85 bits per heavy atom. The standard InChI is InChI=1S/C20H23N3O2S/c1-13-11-16(14(2)23(13)20(3,4)5)17(24)12-26-19-22-21-18(25-19)15-9-7-6-8-10-15/h6-11H,12H2,1-5H3. The lowest BCUT2D eigenvalue weighted by molar-refractivity contribution is 0.102. The predicted octanol–water partition coefficient (Wildman–Crippen LogP) is 4.88. The minimum absolute atomic E-state index is 0.0586. The fourth-order valence-electron chi connectivity index (χ4n) is 3.25. The van der Waals surface area contributed by atoms with Gasteiger partial charge in [0.25, 0.3) is 5.22 Å². The van der Waals surface area contributed by atoms with Crippen LogP contribution in [0.2, 0.25) is 0 Å². The Morgan fingerprint density at radius 3 is 2.46 bits per heavy atom. The van der Waals surface area contributed by atoms with Crippen LogP contribution in [0, 0.1) is 13.8 Å². The molecule has 0 atom stereocenters. The van der Waals surface area contributed by atoms with Crippen molar-refractivity contribution in [3.8, 4) is 11.5 Å². The number of Topliss-reactive ketones (excluding diaryl/α,β-unsaturated/α-hetero) is 1. The maximum Gasteiger partial charge on any atom is 0.277 e. The van der Waals surface area contributed by atoms with E-state index in [0.29, 0.717) is 11.1 Å². The lowest BCUT2D eigenvalue weighted by Crippen LogP contribution is -2.24. The first kappa shape index (κ1) is 18.5. The largest absolute Gasteiger partial charge is 0.411 e. The Kier molecular flexibility index (Phi) is 5.05. The van der Waals surface area contributed by atoms with E-state index in [-0.39, 0.29) is 17.1 Å². The molecule has 0 unspecified atom stereocenters. The van der Waals surface area contributed by atoms with Gasteiger partial charge in [-0.25, -0.2) is 0 Å². The van der Waals surface area contributed by atoms with Crippen molar-refractivity contribution in [2.75, 3.05) is 5.75 Å². The van der Waals surface area contributed by atoms with E-state index in [9.17, 15) is 4.79 Å². The van der Waals surface area contributed by atoms with Gasteiger partial charge >= 0.3 is 0 Å². The van der Waals surface area contributed by atoms with Gasteiger partial charge in [0.05, 0.1) is 5.75 Å². The summed E-state index contributed by atoms with van der Waals surface area (Å²) in [6, 6.07) is 11.6. The van der Waals surface area contributed by atoms with E-state index >= 15 is 0 Å². The van der Waals surface area contributed by atoms with Gasteiger partial charge in [0.1, 0.15) is 0 Å². The van der Waals surface area contributed by atoms with Gasteiger partial charge in [-0.15, -0.1) is 10.2 Å². The van der Waals surface area contributed by atoms with Crippen LogP contribution in [0.15, 0.2) is 46.0 Å². The van der Waals surface area contributed by atoms with Crippen LogP contribution in [0.4, 0.5) is 0 Å². The third-order valence-electron chi connectivity index (χ3n) is 4.16. The van der Waals surface area contributed by atoms with Crippen molar-refractivity contribution < 1.29 is 9.21 Å². The summed E-state index contributed by atoms with van der Waals surface area (Å²) in [5, 5.41) is 8.49. The van der Waals surface area contributed by atoms with Crippen LogP contribution < -0.4 is 0 Å². The van der Waals surface area contributed by atoms with E-state index in [1.54, 1.807) is 0 Å². The number of aromatic nitrogens is 3. The molecule has 1 aromatic carbocycles. The molecular formula is C20H23N3O2S. The summed E-state index contributed by atoms with van der Waals surface area (Å²) in [6.45, 7) is 10.4. The van der Waals surface area contributed by atoms with E-state index < -0.39 is 0 Å². The highest BCUT2D eigenvalue weighted by Gasteiger charge is 2.23. The Balaban J connectivity index is 1.71. The smallest absolute Gasteiger partial charge is 0.277 e. The zero-order chi connectivity index (χ0) is 18.9. The molecule has 0 aliphatic rings. The van der Waals surface area contributed by atoms with Crippen molar-refractivity contribution in [1.29, 1.82) is 0 Å². The lowest BCUT2D eigenvalue weighted by Gasteiger charge is -2.25. The summed E-state index contributed by atoms with van der Waals surface area (Å²) in [5.41, 5.74) is 3.65. The summed E-state index contributed by atoms with van der Waals surface area (Å²) < 4.78 is 7.85. The molecule has 2 aromatic heterocycles. The van der Waals surface area contributed by atoms with E-state index in [2.05, 4.69) is 35.5 Å². The number of benzene rings is 1. The maximum absolute atomic E-state index is 12.7. The van der Waals surface area contributed by atoms with Crippen LogP contribution in [0.5, 0.6) is 0 Å². The molecule has 6 heteroatoms. The van der Waals surface area contributed by atoms with Crippen molar-refractivity contribution >= 4 is 17.5 Å². The van der Waals surface area contributed by atoms with E-state index in [4.69, 9.17) is 4.42 Å². The van der Waals surface area contributed by atoms with Crippen molar-refractivity contribution in [2.45, 2.75) is 45.4 Å². The van der Waals surface area contributed by atoms with E-state index in [1.807, 2.05) is 50.2 Å². The SMILES string of the molecule is Cc1cc(C(=O)CSc2nnc(-c3ccccc3)o2)c(C)n1C(C)(C)C. The van der Waals surface area contributed by atoms with Crippen LogP contribution >= 0.6 is 11.8 Å². The lowest BCUT2D eigenvalue weighted by atomic mass is 10.1. The number of ketones is 1. The van der Waals surface area contributed by atoms with Gasteiger partial charge in [-0.05, 0) is 52.8 Å². The summed E-state index contributed by atoms with van der Waals surface area (Å²) in [5.74, 6) is 0.801. The first-order valence-electron chi connectivity index (χ1n) is 8.51. The first-order chi connectivity index (χ1) is 12.3. The molecule has 0 bridgehead atoms. The monoisotopic (exact) mass is 369 g/mol. The van der Waals surface area contributed by atoms with Crippen molar-refractivity contribution in [3.05, 3.63) is 53.3 Å². The molecule has 3 rings (SSSR count). The summed E-state index contributed by atoms with van der Waals surface area (Å²) >= 11 is 1.27. The zero-order valence-corrected chi connectivity index (χ0v) is 16.6. The van der Waals surface area contributed by atoms with Gasteiger partial charge in [0, 0.05) is 28.1 Å². The van der Waals surface area contributed by atoms with Crippen LogP contribution in [-0.4, -0.2) is 26.3 Å². The first-order valence-corrected chi connectivity index (χ1v) is 9.50. The second kappa shape index (κ2) is 7.11. The summed E-state index contributed by atoms with van der Waals surface area (Å²) in [4.78, 5) is 12.7. The fourth-order valence-corrected chi connectivity index (χ4v) is 3.89. The second-order valence-electron chi connectivity index (χ2n) is 7.24. The zero-order valence-electron chi connectivity index (χ0n) is 15.7. The van der Waals surface area contributed by atoms with Gasteiger partial charge < -0.3 is 8.98 Å². The molecule has 5 nitrogen and oxygen atoms in total. The molecule has 3 aromatic rings. The molecule has 0 saturated carbocycles. The third-order valence-corrected chi connectivity index (χ3v) is 4.97. The Labute approximate surface area is 157 Å². The van der Waals surface area contributed by atoms with Crippen LogP contribution in [-0.2, 0) is 5.54 Å². The number of hydrogen-bond donors (Lipinski definition) is 0. The molecule has 0 saturated heterocycles. The summed E-state index contributed by atoms with van der Waals surface area (Å²) in [7, 11) is 0. The average molecular weight is 369 g/mol. The van der Waals surface area contributed by atoms with Gasteiger partial charge in [-0.2, -0.15) is 0 Å². The Hall–Kier alpha value is -2.34. The third kappa shape index (κ3) is 3.75. The highest BCUT2D eigenvalue weighted by molar-refractivity contribution is 7.99.